The Labute approximate surface area is 177 Å². The topological polar surface area (TPSA) is 44.8 Å². The van der Waals surface area contributed by atoms with Crippen molar-refractivity contribution in [1.29, 1.82) is 0 Å². The van der Waals surface area contributed by atoms with Crippen LogP contribution < -0.4 is 19.9 Å². The summed E-state index contributed by atoms with van der Waals surface area (Å²) in [6.07, 6.45) is -4.27. The van der Waals surface area contributed by atoms with E-state index in [1.54, 1.807) is 49.2 Å². The number of carbonyl (C=O) groups excluding carboxylic acids is 1. The van der Waals surface area contributed by atoms with Gasteiger partial charge in [-0.15, -0.1) is 0 Å². The van der Waals surface area contributed by atoms with E-state index in [4.69, 9.17) is 4.74 Å². The van der Waals surface area contributed by atoms with Crippen molar-refractivity contribution < 1.29 is 27.1 Å². The monoisotopic (exact) mass is 437 g/mol. The maximum absolute atomic E-state index is 15.1. The third kappa shape index (κ3) is 4.13. The summed E-state index contributed by atoms with van der Waals surface area (Å²) in [5.41, 5.74) is 2.57. The summed E-state index contributed by atoms with van der Waals surface area (Å²) in [7, 11) is 1.67. The SMILES string of the molecule is Cc1c(Nc2ccc3c(c2)OCC(=O)N3C)ccc(N2CCC(C(F)(F)F)CC2)c1F. The molecule has 2 heterocycles. The third-order valence-electron chi connectivity index (χ3n) is 5.99. The molecule has 0 aromatic heterocycles. The minimum atomic E-state index is -4.20. The summed E-state index contributed by atoms with van der Waals surface area (Å²) < 4.78 is 59.2. The molecule has 2 aliphatic rings. The lowest BCUT2D eigenvalue weighted by atomic mass is 9.95. The highest BCUT2D eigenvalue weighted by Crippen LogP contribution is 2.38. The number of hydrogen-bond acceptors (Lipinski definition) is 4. The highest BCUT2D eigenvalue weighted by Gasteiger charge is 2.41. The molecule has 0 spiro atoms. The number of amides is 1. The fraction of sp³-hybridized carbons (Fsp3) is 0.409. The van der Waals surface area contributed by atoms with E-state index in [1.807, 2.05) is 0 Å². The number of likely N-dealkylation sites (N-methyl/N-ethyl adjacent to an activating group) is 1. The average Bonchev–Trinajstić information content (AvgIpc) is 2.74. The molecule has 166 valence electrons. The normalized spacial score (nSPS) is 17.4. The standard InChI is InChI=1S/C22H23F4N3O2/c1-13-16(27-15-3-5-17-19(11-15)31-12-20(30)28(17)2)4-6-18(21(13)23)29-9-7-14(8-10-29)22(24,25)26/h3-6,11,14,27H,7-10,12H2,1-2H3. The van der Waals surface area contributed by atoms with Crippen LogP contribution in [0.4, 0.5) is 40.3 Å². The van der Waals surface area contributed by atoms with Gasteiger partial charge in [0.15, 0.2) is 12.4 Å². The first-order valence-corrected chi connectivity index (χ1v) is 10.1. The molecule has 0 radical (unpaired) electrons. The Bertz CT molecular complexity index is 1000. The lowest BCUT2D eigenvalue weighted by Crippen LogP contribution is -2.39. The number of nitrogens with zero attached hydrogens (tertiary/aromatic N) is 2. The maximum Gasteiger partial charge on any atom is 0.391 e. The van der Waals surface area contributed by atoms with Crippen LogP contribution in [0, 0.1) is 18.7 Å². The maximum atomic E-state index is 15.1. The zero-order chi connectivity index (χ0) is 22.3. The summed E-state index contributed by atoms with van der Waals surface area (Å²) in [5, 5.41) is 3.16. The van der Waals surface area contributed by atoms with Gasteiger partial charge in [0.05, 0.1) is 17.3 Å². The number of benzene rings is 2. The first-order valence-electron chi connectivity index (χ1n) is 10.1. The second-order valence-electron chi connectivity index (χ2n) is 7.92. The molecule has 0 aliphatic carbocycles. The van der Waals surface area contributed by atoms with Gasteiger partial charge in [0.1, 0.15) is 5.75 Å². The van der Waals surface area contributed by atoms with Gasteiger partial charge in [-0.1, -0.05) is 0 Å². The number of anilines is 4. The molecule has 0 bridgehead atoms. The summed E-state index contributed by atoms with van der Waals surface area (Å²) in [6, 6.07) is 8.58. The van der Waals surface area contributed by atoms with Crippen molar-refractivity contribution >= 4 is 28.7 Å². The number of carbonyl (C=O) groups is 1. The molecular formula is C22H23F4N3O2. The lowest BCUT2D eigenvalue weighted by molar-refractivity contribution is -0.179. The van der Waals surface area contributed by atoms with Crippen molar-refractivity contribution in [3.8, 4) is 5.75 Å². The molecule has 1 fully saturated rings. The van der Waals surface area contributed by atoms with E-state index in [9.17, 15) is 18.0 Å². The molecule has 31 heavy (non-hydrogen) atoms. The Morgan fingerprint density at radius 3 is 2.45 bits per heavy atom. The van der Waals surface area contributed by atoms with E-state index >= 15 is 4.39 Å². The van der Waals surface area contributed by atoms with Crippen molar-refractivity contribution in [3.05, 3.63) is 41.7 Å². The molecule has 1 saturated heterocycles. The first kappa shape index (κ1) is 21.3. The predicted octanol–water partition coefficient (Wildman–Crippen LogP) is 5.01. The molecule has 0 saturated carbocycles. The fourth-order valence-electron chi connectivity index (χ4n) is 4.01. The number of ether oxygens (including phenoxy) is 1. The molecule has 9 heteroatoms. The summed E-state index contributed by atoms with van der Waals surface area (Å²) in [4.78, 5) is 14.9. The number of alkyl halides is 3. The van der Waals surface area contributed by atoms with Crippen LogP contribution in [0.2, 0.25) is 0 Å². The van der Waals surface area contributed by atoms with Crippen molar-refractivity contribution in [3.63, 3.8) is 0 Å². The highest BCUT2D eigenvalue weighted by molar-refractivity contribution is 5.97. The van der Waals surface area contributed by atoms with E-state index in [1.165, 1.54) is 4.90 Å². The van der Waals surface area contributed by atoms with Crippen molar-refractivity contribution in [2.24, 2.45) is 5.92 Å². The molecule has 2 aromatic rings. The van der Waals surface area contributed by atoms with E-state index in [-0.39, 0.29) is 38.4 Å². The Balaban J connectivity index is 1.50. The number of rotatable bonds is 3. The fourth-order valence-corrected chi connectivity index (χ4v) is 4.01. The Hall–Kier alpha value is -2.97. The van der Waals surface area contributed by atoms with Crippen LogP contribution in [0.25, 0.3) is 0 Å². The number of piperidine rings is 1. The predicted molar refractivity (Wildman–Crippen MR) is 111 cm³/mol. The van der Waals surface area contributed by atoms with Crippen molar-refractivity contribution in [1.82, 2.24) is 0 Å². The van der Waals surface area contributed by atoms with Gasteiger partial charge in [-0.3, -0.25) is 4.79 Å². The van der Waals surface area contributed by atoms with Crippen LogP contribution in [0.15, 0.2) is 30.3 Å². The summed E-state index contributed by atoms with van der Waals surface area (Å²) in [6.45, 7) is 1.93. The van der Waals surface area contributed by atoms with E-state index in [0.717, 1.165) is 0 Å². The second kappa shape index (κ2) is 7.94. The van der Waals surface area contributed by atoms with Crippen LogP contribution in [-0.4, -0.2) is 38.8 Å². The Morgan fingerprint density at radius 2 is 1.77 bits per heavy atom. The molecule has 4 rings (SSSR count). The summed E-state index contributed by atoms with van der Waals surface area (Å²) in [5.74, 6) is -1.36. The van der Waals surface area contributed by atoms with Crippen molar-refractivity contribution in [2.45, 2.75) is 25.9 Å². The van der Waals surface area contributed by atoms with Gasteiger partial charge in [0, 0.05) is 43.1 Å². The van der Waals surface area contributed by atoms with Gasteiger partial charge in [-0.25, -0.2) is 4.39 Å². The molecule has 0 atom stereocenters. The van der Waals surface area contributed by atoms with E-state index in [2.05, 4.69) is 5.32 Å². The molecule has 1 amide bonds. The van der Waals surface area contributed by atoms with Crippen LogP contribution in [-0.2, 0) is 4.79 Å². The average molecular weight is 437 g/mol. The zero-order valence-electron chi connectivity index (χ0n) is 17.2. The molecule has 5 nitrogen and oxygen atoms in total. The highest BCUT2D eigenvalue weighted by atomic mass is 19.4. The number of fused-ring (bicyclic) bond motifs is 1. The lowest BCUT2D eigenvalue weighted by Gasteiger charge is -2.35. The van der Waals surface area contributed by atoms with Crippen LogP contribution >= 0.6 is 0 Å². The number of halogens is 4. The van der Waals surface area contributed by atoms with Crippen LogP contribution in [0.3, 0.4) is 0 Å². The Morgan fingerprint density at radius 1 is 1.10 bits per heavy atom. The Kier molecular flexibility index (Phi) is 5.45. The molecule has 0 unspecified atom stereocenters. The van der Waals surface area contributed by atoms with Gasteiger partial charge in [0.25, 0.3) is 5.91 Å². The molecule has 2 aromatic carbocycles. The molecule has 1 N–H and O–H groups in total. The third-order valence-corrected chi connectivity index (χ3v) is 5.99. The van der Waals surface area contributed by atoms with Crippen LogP contribution in [0.1, 0.15) is 18.4 Å². The van der Waals surface area contributed by atoms with E-state index < -0.39 is 17.9 Å². The van der Waals surface area contributed by atoms with Gasteiger partial charge >= 0.3 is 6.18 Å². The van der Waals surface area contributed by atoms with Gasteiger partial charge < -0.3 is 19.9 Å². The first-order chi connectivity index (χ1) is 14.6. The van der Waals surface area contributed by atoms with Crippen LogP contribution in [0.5, 0.6) is 5.75 Å². The molecule has 2 aliphatic heterocycles. The van der Waals surface area contributed by atoms with E-state index in [0.29, 0.717) is 34.1 Å². The molecular weight excluding hydrogens is 414 g/mol. The second-order valence-corrected chi connectivity index (χ2v) is 7.92. The van der Waals surface area contributed by atoms with Gasteiger partial charge in [-0.05, 0) is 44.0 Å². The van der Waals surface area contributed by atoms with Gasteiger partial charge in [0.2, 0.25) is 0 Å². The van der Waals surface area contributed by atoms with Crippen molar-refractivity contribution in [2.75, 3.05) is 41.9 Å². The number of nitrogens with one attached hydrogen (secondary N) is 1. The minimum Gasteiger partial charge on any atom is -0.481 e. The largest absolute Gasteiger partial charge is 0.481 e. The van der Waals surface area contributed by atoms with Gasteiger partial charge in [-0.2, -0.15) is 13.2 Å². The summed E-state index contributed by atoms with van der Waals surface area (Å²) >= 11 is 0. The number of hydrogen-bond donors (Lipinski definition) is 1. The zero-order valence-corrected chi connectivity index (χ0v) is 17.2. The smallest absolute Gasteiger partial charge is 0.391 e. The quantitative estimate of drug-likeness (QED) is 0.686. The minimum absolute atomic E-state index is 0.0337.